The molecular formula is C17H14N4O4S2. The number of aromatic nitrogens is 3. The average Bonchev–Trinajstić information content (AvgIpc) is 3.04. The monoisotopic (exact) mass is 402 g/mol. The molecule has 1 N–H and O–H groups in total. The summed E-state index contributed by atoms with van der Waals surface area (Å²) >= 11 is 2.53. The third kappa shape index (κ3) is 3.71. The van der Waals surface area contributed by atoms with Crippen molar-refractivity contribution in [3.8, 4) is 0 Å². The van der Waals surface area contributed by atoms with Crippen LogP contribution in [0.4, 0.5) is 5.69 Å². The molecule has 1 aliphatic heterocycles. The van der Waals surface area contributed by atoms with Gasteiger partial charge in [0, 0.05) is 16.7 Å². The van der Waals surface area contributed by atoms with Crippen LogP contribution in [0.25, 0.3) is 4.96 Å². The minimum absolute atomic E-state index is 0.0486. The van der Waals surface area contributed by atoms with Crippen molar-refractivity contribution in [2.24, 2.45) is 0 Å². The van der Waals surface area contributed by atoms with E-state index >= 15 is 0 Å². The fourth-order valence-corrected chi connectivity index (χ4v) is 4.55. The number of carbonyl (C=O) groups excluding carboxylic acids is 2. The number of hydrogen-bond donors (Lipinski definition) is 1. The minimum Gasteiger partial charge on any atom is -0.458 e. The molecule has 27 heavy (non-hydrogen) atoms. The molecule has 0 fully saturated rings. The summed E-state index contributed by atoms with van der Waals surface area (Å²) in [7, 11) is 0. The zero-order valence-corrected chi connectivity index (χ0v) is 15.8. The van der Waals surface area contributed by atoms with Crippen molar-refractivity contribution in [2.45, 2.75) is 30.1 Å². The van der Waals surface area contributed by atoms with Crippen LogP contribution in [0.2, 0.25) is 0 Å². The van der Waals surface area contributed by atoms with Crippen LogP contribution in [0.15, 0.2) is 40.0 Å². The highest BCUT2D eigenvalue weighted by Crippen LogP contribution is 2.36. The van der Waals surface area contributed by atoms with Crippen molar-refractivity contribution in [1.82, 2.24) is 14.6 Å². The Balaban J connectivity index is 1.40. The van der Waals surface area contributed by atoms with Gasteiger partial charge in [-0.2, -0.15) is 9.61 Å². The molecule has 0 spiro atoms. The first-order chi connectivity index (χ1) is 13.0. The zero-order valence-electron chi connectivity index (χ0n) is 14.2. The summed E-state index contributed by atoms with van der Waals surface area (Å²) in [5.41, 5.74) is 1.08. The second-order valence-corrected chi connectivity index (χ2v) is 8.17. The molecule has 0 bridgehead atoms. The van der Waals surface area contributed by atoms with Crippen LogP contribution < -0.4 is 10.9 Å². The largest absolute Gasteiger partial charge is 0.458 e. The predicted octanol–water partition coefficient (Wildman–Crippen LogP) is 2.01. The summed E-state index contributed by atoms with van der Waals surface area (Å²) in [5, 5.41) is 6.83. The third-order valence-electron chi connectivity index (χ3n) is 3.83. The van der Waals surface area contributed by atoms with Gasteiger partial charge in [0.25, 0.3) is 5.56 Å². The van der Waals surface area contributed by atoms with E-state index in [1.807, 2.05) is 24.3 Å². The molecule has 3 heterocycles. The minimum atomic E-state index is -0.547. The van der Waals surface area contributed by atoms with Crippen molar-refractivity contribution in [3.05, 3.63) is 51.4 Å². The number of hydrogen-bond acceptors (Lipinski definition) is 8. The first kappa shape index (κ1) is 17.7. The highest BCUT2D eigenvalue weighted by molar-refractivity contribution is 8.01. The summed E-state index contributed by atoms with van der Waals surface area (Å²) < 4.78 is 6.42. The third-order valence-corrected chi connectivity index (χ3v) is 5.99. The molecule has 0 saturated carbocycles. The molecule has 0 unspecified atom stereocenters. The Labute approximate surface area is 161 Å². The van der Waals surface area contributed by atoms with E-state index in [1.54, 1.807) is 6.92 Å². The number of nitrogens with zero attached hydrogens (tertiary/aromatic N) is 3. The van der Waals surface area contributed by atoms with E-state index in [0.29, 0.717) is 15.7 Å². The molecule has 4 rings (SSSR count). The fourth-order valence-electron chi connectivity index (χ4n) is 2.60. The lowest BCUT2D eigenvalue weighted by atomic mass is 10.2. The first-order valence-electron chi connectivity index (χ1n) is 8.08. The average molecular weight is 402 g/mol. The number of para-hydroxylation sites is 1. The Morgan fingerprint density at radius 2 is 2.15 bits per heavy atom. The predicted molar refractivity (Wildman–Crippen MR) is 101 cm³/mol. The van der Waals surface area contributed by atoms with Gasteiger partial charge in [0.2, 0.25) is 10.9 Å². The van der Waals surface area contributed by atoms with Crippen LogP contribution in [-0.2, 0) is 20.9 Å². The van der Waals surface area contributed by atoms with Crippen LogP contribution >= 0.6 is 23.1 Å². The Morgan fingerprint density at radius 1 is 1.33 bits per heavy atom. The van der Waals surface area contributed by atoms with Crippen molar-refractivity contribution < 1.29 is 14.3 Å². The van der Waals surface area contributed by atoms with Gasteiger partial charge in [-0.15, -0.1) is 11.8 Å². The molecule has 8 nitrogen and oxygen atoms in total. The molecule has 2 aromatic heterocycles. The number of aryl methyl sites for hydroxylation is 1. The van der Waals surface area contributed by atoms with E-state index in [1.165, 1.54) is 33.7 Å². The normalized spacial score (nSPS) is 16.0. The zero-order chi connectivity index (χ0) is 19.0. The van der Waals surface area contributed by atoms with Gasteiger partial charge >= 0.3 is 5.97 Å². The molecule has 1 atom stereocenters. The summed E-state index contributed by atoms with van der Waals surface area (Å²) in [4.78, 5) is 41.8. The fraction of sp³-hybridized carbons (Fsp3) is 0.235. The lowest BCUT2D eigenvalue weighted by Crippen LogP contribution is -2.31. The van der Waals surface area contributed by atoms with E-state index in [2.05, 4.69) is 15.4 Å². The van der Waals surface area contributed by atoms with Crippen LogP contribution in [0.5, 0.6) is 0 Å². The van der Waals surface area contributed by atoms with Gasteiger partial charge in [-0.05, 0) is 19.1 Å². The number of amides is 1. The van der Waals surface area contributed by atoms with Crippen LogP contribution in [0, 0.1) is 6.92 Å². The molecule has 138 valence electrons. The van der Waals surface area contributed by atoms with Gasteiger partial charge in [0.15, 0.2) is 5.01 Å². The maximum Gasteiger partial charge on any atom is 0.307 e. The number of benzene rings is 1. The number of fused-ring (bicyclic) bond motifs is 2. The molecule has 3 aromatic rings. The molecule has 10 heteroatoms. The quantitative estimate of drug-likeness (QED) is 0.666. The van der Waals surface area contributed by atoms with Gasteiger partial charge in [-0.1, -0.05) is 23.5 Å². The first-order valence-corrected chi connectivity index (χ1v) is 9.78. The maximum atomic E-state index is 12.2. The van der Waals surface area contributed by atoms with Crippen molar-refractivity contribution in [2.75, 3.05) is 5.32 Å². The Morgan fingerprint density at radius 3 is 3.00 bits per heavy atom. The molecule has 1 amide bonds. The summed E-state index contributed by atoms with van der Waals surface area (Å²) in [6.45, 7) is 1.66. The topological polar surface area (TPSA) is 103 Å². The highest BCUT2D eigenvalue weighted by Gasteiger charge is 2.29. The second kappa shape index (κ2) is 7.12. The number of rotatable bonds is 4. The number of anilines is 1. The Bertz CT molecular complexity index is 1110. The maximum absolute atomic E-state index is 12.2. The van der Waals surface area contributed by atoms with Gasteiger partial charge < -0.3 is 10.1 Å². The highest BCUT2D eigenvalue weighted by atomic mass is 32.2. The van der Waals surface area contributed by atoms with Crippen molar-refractivity contribution in [3.63, 3.8) is 0 Å². The molecule has 0 aliphatic carbocycles. The van der Waals surface area contributed by atoms with Gasteiger partial charge in [-0.3, -0.25) is 14.4 Å². The van der Waals surface area contributed by atoms with Gasteiger partial charge in [0.05, 0.1) is 17.4 Å². The number of esters is 1. The number of carbonyl (C=O) groups is 2. The summed E-state index contributed by atoms with van der Waals surface area (Å²) in [5.74, 6) is -0.723. The van der Waals surface area contributed by atoms with Crippen molar-refractivity contribution >= 4 is 45.6 Å². The van der Waals surface area contributed by atoms with E-state index in [4.69, 9.17) is 4.74 Å². The van der Waals surface area contributed by atoms with Crippen LogP contribution in [0.3, 0.4) is 0 Å². The number of nitrogens with one attached hydrogen (secondary N) is 1. The number of thioether (sulfide) groups is 1. The second-order valence-electron chi connectivity index (χ2n) is 5.88. The lowest BCUT2D eigenvalue weighted by molar-refractivity contribution is -0.145. The molecule has 1 aliphatic rings. The molecule has 1 aromatic carbocycles. The molecular weight excluding hydrogens is 388 g/mol. The van der Waals surface area contributed by atoms with E-state index in [-0.39, 0.29) is 24.5 Å². The smallest absolute Gasteiger partial charge is 0.307 e. The van der Waals surface area contributed by atoms with E-state index < -0.39 is 11.2 Å². The van der Waals surface area contributed by atoms with E-state index in [9.17, 15) is 14.4 Å². The van der Waals surface area contributed by atoms with Crippen LogP contribution in [-0.4, -0.2) is 31.7 Å². The molecule has 0 radical (unpaired) electrons. The van der Waals surface area contributed by atoms with Gasteiger partial charge in [0.1, 0.15) is 6.61 Å². The number of ether oxygens (including phenoxy) is 1. The van der Waals surface area contributed by atoms with Gasteiger partial charge in [-0.25, -0.2) is 4.98 Å². The summed E-state index contributed by atoms with van der Waals surface area (Å²) in [6.07, 6.45) is -0.0486. The Kier molecular flexibility index (Phi) is 4.66. The van der Waals surface area contributed by atoms with Crippen LogP contribution in [0.1, 0.15) is 17.1 Å². The standard InChI is InChI=1S/C17H14N4O4S2/c1-9-6-14(22)21-17(18-9)27-13(20-21)8-25-15(23)7-12-16(24)19-10-4-2-3-5-11(10)26-12/h2-6,12H,7-8H2,1H3,(H,19,24)/t12-/m0/s1. The summed E-state index contributed by atoms with van der Waals surface area (Å²) in [6, 6.07) is 8.82. The lowest BCUT2D eigenvalue weighted by Gasteiger charge is -2.23. The SMILES string of the molecule is Cc1cc(=O)n2nc(COC(=O)C[C@@H]3Sc4ccccc4NC3=O)sc2n1. The van der Waals surface area contributed by atoms with E-state index in [0.717, 1.165) is 10.6 Å². The Hall–Kier alpha value is -2.72. The molecule has 0 saturated heterocycles. The van der Waals surface area contributed by atoms with Crippen molar-refractivity contribution in [1.29, 1.82) is 0 Å².